The molecule has 0 aliphatic heterocycles. The van der Waals surface area contributed by atoms with Crippen LogP contribution in [0.15, 0.2) is 55.1 Å². The van der Waals surface area contributed by atoms with E-state index in [0.717, 1.165) is 11.3 Å². The van der Waals surface area contributed by atoms with Crippen LogP contribution in [0.2, 0.25) is 0 Å². The van der Waals surface area contributed by atoms with Gasteiger partial charge < -0.3 is 14.8 Å². The molecule has 6 heteroatoms. The Morgan fingerprint density at radius 1 is 1.08 bits per heavy atom. The molecule has 2 aromatic rings. The van der Waals surface area contributed by atoms with Crippen LogP contribution in [0, 0.1) is 0 Å². The van der Waals surface area contributed by atoms with E-state index in [-0.39, 0.29) is 5.91 Å². The minimum Gasteiger partial charge on any atom is -0.497 e. The monoisotopic (exact) mass is 328 g/mol. The lowest BCUT2D eigenvalue weighted by Gasteiger charge is -2.15. The Morgan fingerprint density at radius 3 is 2.21 bits per heavy atom. The highest BCUT2D eigenvalue weighted by molar-refractivity contribution is 5.94. The van der Waals surface area contributed by atoms with Crippen molar-refractivity contribution in [3.8, 4) is 11.5 Å². The van der Waals surface area contributed by atoms with Crippen LogP contribution in [0.3, 0.4) is 0 Å². The van der Waals surface area contributed by atoms with Crippen molar-refractivity contribution in [3.63, 3.8) is 0 Å². The molecule has 1 unspecified atom stereocenters. The average molecular weight is 328 g/mol. The molecular weight excluding hydrogens is 308 g/mol. The maximum atomic E-state index is 12.2. The molecule has 6 nitrogen and oxygen atoms in total. The lowest BCUT2D eigenvalue weighted by molar-refractivity contribution is -0.122. The summed E-state index contributed by atoms with van der Waals surface area (Å²) in [6, 6.07) is 13.9. The number of ether oxygens (including phenoxy) is 2. The van der Waals surface area contributed by atoms with Crippen LogP contribution in [0.4, 0.5) is 5.69 Å². The van der Waals surface area contributed by atoms with Crippen LogP contribution >= 0.6 is 0 Å². The standard InChI is InChI=1S/C18H20N2O4/c1-12(20-22)14-4-8-17(9-5-14)24-13(2)18(21)19-15-6-10-16(23-3)11-7-15/h4-11,13,20,22H,1H2,2-3H3,(H,19,21). The van der Waals surface area contributed by atoms with Gasteiger partial charge in [-0.2, -0.15) is 0 Å². The van der Waals surface area contributed by atoms with E-state index < -0.39 is 6.10 Å². The maximum Gasteiger partial charge on any atom is 0.265 e. The van der Waals surface area contributed by atoms with Crippen molar-refractivity contribution in [3.05, 3.63) is 60.7 Å². The van der Waals surface area contributed by atoms with Crippen molar-refractivity contribution in [2.24, 2.45) is 0 Å². The zero-order valence-corrected chi connectivity index (χ0v) is 13.6. The molecule has 0 aliphatic carbocycles. The summed E-state index contributed by atoms with van der Waals surface area (Å²) in [7, 11) is 1.58. The molecule has 2 rings (SSSR count). The molecule has 0 aromatic heterocycles. The minimum atomic E-state index is -0.669. The number of hydrogen-bond donors (Lipinski definition) is 3. The van der Waals surface area contributed by atoms with E-state index in [1.807, 2.05) is 5.48 Å². The molecule has 0 saturated heterocycles. The number of methoxy groups -OCH3 is 1. The Hall–Kier alpha value is -2.99. The first-order chi connectivity index (χ1) is 11.5. The number of nitrogens with one attached hydrogen (secondary N) is 2. The predicted octanol–water partition coefficient (Wildman–Crippen LogP) is 3.05. The topological polar surface area (TPSA) is 79.8 Å². The molecule has 24 heavy (non-hydrogen) atoms. The third kappa shape index (κ3) is 4.50. The van der Waals surface area contributed by atoms with Crippen LogP contribution in [-0.4, -0.2) is 24.3 Å². The predicted molar refractivity (Wildman–Crippen MR) is 92.1 cm³/mol. The van der Waals surface area contributed by atoms with Crippen LogP contribution in [-0.2, 0) is 4.79 Å². The zero-order valence-electron chi connectivity index (χ0n) is 13.6. The van der Waals surface area contributed by atoms with Crippen molar-refractivity contribution >= 4 is 17.3 Å². The first-order valence-corrected chi connectivity index (χ1v) is 7.34. The molecule has 0 heterocycles. The quantitative estimate of drug-likeness (QED) is 0.681. The number of carbonyl (C=O) groups is 1. The number of carbonyl (C=O) groups excluding carboxylic acids is 1. The fraction of sp³-hybridized carbons (Fsp3) is 0.167. The van der Waals surface area contributed by atoms with Gasteiger partial charge in [0.05, 0.1) is 12.8 Å². The minimum absolute atomic E-state index is 0.259. The third-order valence-electron chi connectivity index (χ3n) is 3.38. The molecule has 0 aliphatic rings. The highest BCUT2D eigenvalue weighted by Crippen LogP contribution is 2.18. The van der Waals surface area contributed by atoms with Crippen molar-refractivity contribution in [2.45, 2.75) is 13.0 Å². The van der Waals surface area contributed by atoms with Gasteiger partial charge in [-0.1, -0.05) is 6.58 Å². The molecule has 126 valence electrons. The molecular formula is C18H20N2O4. The summed E-state index contributed by atoms with van der Waals surface area (Å²) in [5.41, 5.74) is 3.75. The van der Waals surface area contributed by atoms with Crippen LogP contribution < -0.4 is 20.3 Å². The van der Waals surface area contributed by atoms with Crippen LogP contribution in [0.5, 0.6) is 11.5 Å². The van der Waals surface area contributed by atoms with Gasteiger partial charge in [0.25, 0.3) is 5.91 Å². The third-order valence-corrected chi connectivity index (χ3v) is 3.38. The fourth-order valence-electron chi connectivity index (χ4n) is 1.98. The number of anilines is 1. The number of rotatable bonds is 7. The molecule has 0 fully saturated rings. The van der Waals surface area contributed by atoms with Gasteiger partial charge in [-0.25, -0.2) is 0 Å². The van der Waals surface area contributed by atoms with Gasteiger partial charge >= 0.3 is 0 Å². The smallest absolute Gasteiger partial charge is 0.265 e. The summed E-state index contributed by atoms with van der Waals surface area (Å²) in [5.74, 6) is 1.00. The van der Waals surface area contributed by atoms with E-state index >= 15 is 0 Å². The summed E-state index contributed by atoms with van der Waals surface area (Å²) in [4.78, 5) is 12.2. The molecule has 2 aromatic carbocycles. The lowest BCUT2D eigenvalue weighted by Crippen LogP contribution is -2.30. The highest BCUT2D eigenvalue weighted by atomic mass is 16.5. The van der Waals surface area contributed by atoms with E-state index in [9.17, 15) is 4.79 Å². The second kappa shape index (κ2) is 8.03. The molecule has 1 amide bonds. The van der Waals surface area contributed by atoms with Gasteiger partial charge in [-0.05, 0) is 61.0 Å². The molecule has 0 saturated carbocycles. The summed E-state index contributed by atoms with van der Waals surface area (Å²) in [5, 5.41) is 11.6. The van der Waals surface area contributed by atoms with Crippen molar-refractivity contribution in [1.29, 1.82) is 0 Å². The van der Waals surface area contributed by atoms with Crippen LogP contribution in [0.1, 0.15) is 12.5 Å². The van der Waals surface area contributed by atoms with Gasteiger partial charge in [0.2, 0.25) is 0 Å². The SMILES string of the molecule is C=C(NO)c1ccc(OC(C)C(=O)Nc2ccc(OC)cc2)cc1. The zero-order chi connectivity index (χ0) is 17.5. The summed E-state index contributed by atoms with van der Waals surface area (Å²) in [6.07, 6.45) is -0.669. The Labute approximate surface area is 140 Å². The Balaban J connectivity index is 1.94. The average Bonchev–Trinajstić information content (AvgIpc) is 2.62. The first-order valence-electron chi connectivity index (χ1n) is 7.34. The van der Waals surface area contributed by atoms with Gasteiger partial charge in [0.15, 0.2) is 6.10 Å². The van der Waals surface area contributed by atoms with E-state index in [2.05, 4.69) is 11.9 Å². The van der Waals surface area contributed by atoms with Gasteiger partial charge in [-0.15, -0.1) is 0 Å². The second-order valence-corrected chi connectivity index (χ2v) is 5.09. The lowest BCUT2D eigenvalue weighted by atomic mass is 10.2. The maximum absolute atomic E-state index is 12.2. The van der Waals surface area contributed by atoms with Crippen molar-refractivity contribution < 1.29 is 19.5 Å². The summed E-state index contributed by atoms with van der Waals surface area (Å²) in [6.45, 7) is 5.31. The Bertz CT molecular complexity index is 696. The fourth-order valence-corrected chi connectivity index (χ4v) is 1.98. The highest BCUT2D eigenvalue weighted by Gasteiger charge is 2.15. The second-order valence-electron chi connectivity index (χ2n) is 5.09. The molecule has 0 spiro atoms. The molecule has 0 radical (unpaired) electrons. The molecule has 1 atom stereocenters. The largest absolute Gasteiger partial charge is 0.497 e. The van der Waals surface area contributed by atoms with Crippen molar-refractivity contribution in [2.75, 3.05) is 12.4 Å². The number of hydroxylamine groups is 1. The number of benzene rings is 2. The Kier molecular flexibility index (Phi) is 5.81. The first kappa shape index (κ1) is 17.4. The number of amides is 1. The van der Waals surface area contributed by atoms with E-state index in [1.165, 1.54) is 0 Å². The van der Waals surface area contributed by atoms with E-state index in [0.29, 0.717) is 17.1 Å². The molecule has 3 N–H and O–H groups in total. The normalized spacial score (nSPS) is 11.3. The van der Waals surface area contributed by atoms with E-state index in [4.69, 9.17) is 14.7 Å². The van der Waals surface area contributed by atoms with E-state index in [1.54, 1.807) is 62.6 Å². The van der Waals surface area contributed by atoms with Crippen molar-refractivity contribution in [1.82, 2.24) is 5.48 Å². The van der Waals surface area contributed by atoms with Gasteiger partial charge in [-0.3, -0.25) is 15.5 Å². The summed E-state index contributed by atoms with van der Waals surface area (Å²) < 4.78 is 10.7. The Morgan fingerprint density at radius 2 is 1.67 bits per heavy atom. The van der Waals surface area contributed by atoms with Gasteiger partial charge in [0.1, 0.15) is 11.5 Å². The molecule has 0 bridgehead atoms. The summed E-state index contributed by atoms with van der Waals surface area (Å²) >= 11 is 0. The van der Waals surface area contributed by atoms with Gasteiger partial charge in [0, 0.05) is 5.69 Å². The van der Waals surface area contributed by atoms with Crippen LogP contribution in [0.25, 0.3) is 5.70 Å². The number of hydrogen-bond acceptors (Lipinski definition) is 5.